The first-order valence-electron chi connectivity index (χ1n) is 18.5. The van der Waals surface area contributed by atoms with Crippen molar-refractivity contribution in [2.45, 2.75) is 13.2 Å². The molecule has 2 amide bonds. The third kappa shape index (κ3) is 7.94. The average molecular weight is 803 g/mol. The van der Waals surface area contributed by atoms with Crippen LogP contribution in [0, 0.1) is 0 Å². The van der Waals surface area contributed by atoms with Crippen molar-refractivity contribution >= 4 is 78.2 Å². The van der Waals surface area contributed by atoms with Gasteiger partial charge in [0.2, 0.25) is 0 Å². The van der Waals surface area contributed by atoms with Gasteiger partial charge in [-0.1, -0.05) is 18.2 Å². The molecule has 0 saturated carbocycles. The Kier molecular flexibility index (Phi) is 9.65. The van der Waals surface area contributed by atoms with Gasteiger partial charge in [0.15, 0.2) is 0 Å². The Hall–Kier alpha value is -8.34. The van der Waals surface area contributed by atoms with Gasteiger partial charge in [0, 0.05) is 22.5 Å². The highest BCUT2D eigenvalue weighted by atomic mass is 16.6. The van der Waals surface area contributed by atoms with E-state index in [9.17, 15) is 29.4 Å². The Morgan fingerprint density at radius 2 is 1.05 bits per heavy atom. The zero-order chi connectivity index (χ0) is 41.3. The minimum absolute atomic E-state index is 0.0177. The molecule has 16 nitrogen and oxygen atoms in total. The van der Waals surface area contributed by atoms with Crippen LogP contribution in [0.2, 0.25) is 0 Å². The number of phenols is 2. The molecule has 60 heavy (non-hydrogen) atoms. The summed E-state index contributed by atoms with van der Waals surface area (Å²) in [4.78, 5) is 71.7. The Labute approximate surface area is 337 Å². The Balaban J connectivity index is 0.794. The molecule has 0 aliphatic heterocycles. The molecular formula is C44H34N8O8. The smallest absolute Gasteiger partial charge is 0.323 e. The van der Waals surface area contributed by atoms with E-state index in [1.54, 1.807) is 84.9 Å². The summed E-state index contributed by atoms with van der Waals surface area (Å²) in [5.74, 6) is -1.10. The highest BCUT2D eigenvalue weighted by Gasteiger charge is 2.16. The van der Waals surface area contributed by atoms with E-state index in [0.717, 1.165) is 16.3 Å². The largest absolute Gasteiger partial charge is 0.508 e. The first kappa shape index (κ1) is 37.2. The third-order valence-corrected chi connectivity index (χ3v) is 9.84. The zero-order valence-corrected chi connectivity index (χ0v) is 31.3. The van der Waals surface area contributed by atoms with E-state index in [0.29, 0.717) is 66.7 Å². The fraction of sp³-hybridized carbons (Fsp3) is 0.0455. The summed E-state index contributed by atoms with van der Waals surface area (Å²) in [6.45, 7) is 0.301. The predicted molar refractivity (Wildman–Crippen MR) is 228 cm³/mol. The number of aromatic amines is 4. The van der Waals surface area contributed by atoms with Crippen molar-refractivity contribution in [3.63, 3.8) is 0 Å². The van der Waals surface area contributed by atoms with E-state index in [1.165, 1.54) is 12.1 Å². The van der Waals surface area contributed by atoms with Crippen molar-refractivity contribution in [2.75, 3.05) is 21.6 Å². The van der Waals surface area contributed by atoms with Gasteiger partial charge in [-0.05, 0) is 130 Å². The van der Waals surface area contributed by atoms with Crippen LogP contribution in [-0.2, 0) is 22.9 Å². The fourth-order valence-electron chi connectivity index (χ4n) is 6.83. The molecule has 298 valence electrons. The van der Waals surface area contributed by atoms with E-state index in [2.05, 4.69) is 41.5 Å². The summed E-state index contributed by atoms with van der Waals surface area (Å²) in [6.07, 6.45) is 0. The molecule has 0 saturated heterocycles. The monoisotopic (exact) mass is 802 g/mol. The van der Waals surface area contributed by atoms with Crippen LogP contribution >= 0.6 is 0 Å². The van der Waals surface area contributed by atoms with Crippen LogP contribution in [-0.4, -0.2) is 42.0 Å². The lowest BCUT2D eigenvalue weighted by Gasteiger charge is -2.12. The van der Waals surface area contributed by atoms with Gasteiger partial charge in [-0.3, -0.25) is 30.2 Å². The lowest BCUT2D eigenvalue weighted by molar-refractivity contribution is 0.101. The van der Waals surface area contributed by atoms with Crippen molar-refractivity contribution < 1.29 is 29.5 Å². The number of amides is 2. The Bertz CT molecular complexity index is 3240. The number of nitrogens with one attached hydrogen (secondary N) is 8. The lowest BCUT2D eigenvalue weighted by Crippen LogP contribution is -2.13. The van der Waals surface area contributed by atoms with E-state index >= 15 is 0 Å². The second-order valence-corrected chi connectivity index (χ2v) is 14.0. The van der Waals surface area contributed by atoms with Gasteiger partial charge in [-0.15, -0.1) is 0 Å². The molecule has 0 atom stereocenters. The Morgan fingerprint density at radius 3 is 1.80 bits per heavy atom. The molecule has 9 rings (SSSR count). The minimum atomic E-state index is -0.555. The highest BCUT2D eigenvalue weighted by molar-refractivity contribution is 6.10. The van der Waals surface area contributed by atoms with E-state index in [-0.39, 0.29) is 41.7 Å². The standard InChI is InChI=1S/C44H34N8O8/c53-39-17-24-2-1-23(21-59-52-33-10-12-36-38(20-33)50-44(58)48-36)13-27(24)15-29(39)22-60-51-31-7-5-30(6-8-31)45-42(56)34-16-28-14-26(4-3-25(28)18-40(34)54)41(55)46-32-9-11-35-37(19-32)49-43(57)47-35/h1-20,51-54H,21-22H2,(H,45,56)(H,46,55)(H2,47,49,57)(H2,48,50,58). The number of fused-ring (bicyclic) bond motifs is 4. The van der Waals surface area contributed by atoms with Crippen LogP contribution in [0.4, 0.5) is 22.7 Å². The maximum atomic E-state index is 13.3. The number of phenolic OH excluding ortho intramolecular Hbond substituents is 2. The minimum Gasteiger partial charge on any atom is -0.508 e. The quantitative estimate of drug-likeness (QED) is 0.0552. The number of carbonyl (C=O) groups is 2. The molecule has 0 spiro atoms. The molecule has 2 aromatic heterocycles. The summed E-state index contributed by atoms with van der Waals surface area (Å²) in [7, 11) is 0. The number of anilines is 4. The summed E-state index contributed by atoms with van der Waals surface area (Å²) in [6, 6.07) is 34.2. The van der Waals surface area contributed by atoms with Crippen molar-refractivity contribution in [1.29, 1.82) is 0 Å². The average Bonchev–Trinajstić information content (AvgIpc) is 3.80. The van der Waals surface area contributed by atoms with Crippen LogP contribution in [0.15, 0.2) is 131 Å². The van der Waals surface area contributed by atoms with Gasteiger partial charge in [0.25, 0.3) is 11.8 Å². The molecule has 10 N–H and O–H groups in total. The van der Waals surface area contributed by atoms with Crippen molar-refractivity contribution in [1.82, 2.24) is 19.9 Å². The maximum Gasteiger partial charge on any atom is 0.323 e. The van der Waals surface area contributed by atoms with Gasteiger partial charge in [-0.2, -0.15) is 0 Å². The molecule has 0 aliphatic carbocycles. The van der Waals surface area contributed by atoms with Gasteiger partial charge in [-0.25, -0.2) is 9.59 Å². The molecule has 16 heteroatoms. The molecular weight excluding hydrogens is 769 g/mol. The Morgan fingerprint density at radius 1 is 0.483 bits per heavy atom. The maximum absolute atomic E-state index is 13.3. The van der Waals surface area contributed by atoms with Crippen molar-refractivity contribution in [2.24, 2.45) is 0 Å². The first-order chi connectivity index (χ1) is 29.1. The molecule has 2 heterocycles. The fourth-order valence-corrected chi connectivity index (χ4v) is 6.83. The van der Waals surface area contributed by atoms with Crippen molar-refractivity contribution in [3.05, 3.63) is 165 Å². The van der Waals surface area contributed by atoms with Gasteiger partial charge >= 0.3 is 11.4 Å². The molecule has 0 aliphatic rings. The topological polar surface area (TPSA) is 238 Å². The first-order valence-corrected chi connectivity index (χ1v) is 18.5. The van der Waals surface area contributed by atoms with Crippen LogP contribution < -0.4 is 33.0 Å². The summed E-state index contributed by atoms with van der Waals surface area (Å²) in [5.41, 5.74) is 11.7. The number of hydrogen-bond donors (Lipinski definition) is 10. The number of aromatic hydroxyl groups is 2. The SMILES string of the molecule is O=C(Nc1ccc2[nH]c(=O)[nH]c2c1)c1ccc2cc(O)c(C(=O)Nc3ccc(NOCc4cc5cc(CONc6ccc7[nH]c(=O)[nH]c7c6)ccc5cc4O)cc3)cc2c1. The molecule has 9 aromatic rings. The summed E-state index contributed by atoms with van der Waals surface area (Å²) in [5, 5.41) is 29.9. The second-order valence-electron chi connectivity index (χ2n) is 14.0. The van der Waals surface area contributed by atoms with E-state index in [4.69, 9.17) is 9.68 Å². The van der Waals surface area contributed by atoms with Gasteiger partial charge in [0.05, 0.1) is 45.6 Å². The third-order valence-electron chi connectivity index (χ3n) is 9.84. The van der Waals surface area contributed by atoms with Gasteiger partial charge < -0.3 is 40.8 Å². The number of H-pyrrole nitrogens is 4. The van der Waals surface area contributed by atoms with Crippen LogP contribution in [0.1, 0.15) is 31.8 Å². The zero-order valence-electron chi connectivity index (χ0n) is 31.3. The van der Waals surface area contributed by atoms with Crippen molar-refractivity contribution in [3.8, 4) is 11.5 Å². The van der Waals surface area contributed by atoms with Crippen LogP contribution in [0.3, 0.4) is 0 Å². The molecule has 7 aromatic carbocycles. The number of carbonyl (C=O) groups excluding carboxylic acids is 2. The number of hydrogen-bond acceptors (Lipinski definition) is 10. The molecule has 0 bridgehead atoms. The lowest BCUT2D eigenvalue weighted by atomic mass is 10.0. The van der Waals surface area contributed by atoms with Crippen LogP contribution in [0.5, 0.6) is 11.5 Å². The molecule has 0 unspecified atom stereocenters. The second kappa shape index (κ2) is 15.5. The molecule has 0 fully saturated rings. The number of aromatic nitrogens is 4. The van der Waals surface area contributed by atoms with Crippen LogP contribution in [0.25, 0.3) is 43.6 Å². The molecule has 0 radical (unpaired) electrons. The normalized spacial score (nSPS) is 11.3. The highest BCUT2D eigenvalue weighted by Crippen LogP contribution is 2.29. The summed E-state index contributed by atoms with van der Waals surface area (Å²) < 4.78 is 0. The summed E-state index contributed by atoms with van der Waals surface area (Å²) >= 11 is 0. The number of imidazole rings is 2. The van der Waals surface area contributed by atoms with Gasteiger partial charge in [0.1, 0.15) is 18.1 Å². The predicted octanol–water partition coefficient (Wildman–Crippen LogP) is 7.34. The number of rotatable bonds is 12. The number of benzene rings is 7. The van der Waals surface area contributed by atoms with E-state index in [1.807, 2.05) is 24.3 Å². The van der Waals surface area contributed by atoms with E-state index < -0.39 is 11.8 Å².